The lowest BCUT2D eigenvalue weighted by Crippen LogP contribution is -1.96. The van der Waals surface area contributed by atoms with E-state index < -0.39 is 5.97 Å². The van der Waals surface area contributed by atoms with E-state index in [4.69, 9.17) is 16.7 Å². The maximum Gasteiger partial charge on any atom is 0.328 e. The van der Waals surface area contributed by atoms with Crippen LogP contribution in [0.25, 0.3) is 5.57 Å². The second kappa shape index (κ2) is 5.74. The van der Waals surface area contributed by atoms with Gasteiger partial charge < -0.3 is 5.11 Å². The average molecular weight is 299 g/mol. The van der Waals surface area contributed by atoms with E-state index in [9.17, 15) is 4.79 Å². The molecule has 21 heavy (non-hydrogen) atoms. The molecule has 0 saturated heterocycles. The lowest BCUT2D eigenvalue weighted by Gasteiger charge is -2.12. The maximum absolute atomic E-state index is 11.0. The third-order valence-electron chi connectivity index (χ3n) is 3.74. The van der Waals surface area contributed by atoms with Gasteiger partial charge >= 0.3 is 5.97 Å². The fourth-order valence-electron chi connectivity index (χ4n) is 2.66. The summed E-state index contributed by atoms with van der Waals surface area (Å²) in [5.41, 5.74) is 4.36. The van der Waals surface area contributed by atoms with E-state index in [1.165, 1.54) is 17.2 Å². The number of fused-ring (bicyclic) bond motifs is 1. The van der Waals surface area contributed by atoms with Gasteiger partial charge in [-0.05, 0) is 41.2 Å². The summed E-state index contributed by atoms with van der Waals surface area (Å²) >= 11 is 6.09. The largest absolute Gasteiger partial charge is 0.478 e. The first-order valence-electron chi connectivity index (χ1n) is 6.92. The number of carboxylic acids is 1. The number of benzene rings is 1. The normalized spacial score (nSPS) is 20.1. The van der Waals surface area contributed by atoms with Crippen LogP contribution in [0.3, 0.4) is 0 Å². The van der Waals surface area contributed by atoms with E-state index in [1.807, 2.05) is 42.5 Å². The highest BCUT2D eigenvalue weighted by atomic mass is 35.5. The quantitative estimate of drug-likeness (QED) is 0.810. The molecule has 3 rings (SSSR count). The fraction of sp³-hybridized carbons (Fsp3) is 0.167. The molecule has 2 nitrogen and oxygen atoms in total. The summed E-state index contributed by atoms with van der Waals surface area (Å²) in [5.74, 6) is -0.506. The predicted octanol–water partition coefficient (Wildman–Crippen LogP) is 4.55. The van der Waals surface area contributed by atoms with E-state index in [-0.39, 0.29) is 0 Å². The number of allylic oxidation sites excluding steroid dienone is 7. The molecule has 0 bridgehead atoms. The number of carboxylic acid groups (broad SMARTS) is 1. The predicted molar refractivity (Wildman–Crippen MR) is 84.9 cm³/mol. The Morgan fingerprint density at radius 2 is 2.00 bits per heavy atom. The molecule has 1 atom stereocenters. The van der Waals surface area contributed by atoms with Crippen LogP contribution >= 0.6 is 11.6 Å². The summed E-state index contributed by atoms with van der Waals surface area (Å²) in [7, 11) is 0. The SMILES string of the molecule is O=C(O)/C=C(/CCC1=CC(Cl)=CC2C=C12)c1ccccc1. The van der Waals surface area contributed by atoms with Crippen molar-refractivity contribution in [1.29, 1.82) is 0 Å². The summed E-state index contributed by atoms with van der Waals surface area (Å²) in [6.45, 7) is 0. The van der Waals surface area contributed by atoms with Crippen LogP contribution in [0.15, 0.2) is 70.8 Å². The Balaban J connectivity index is 1.76. The molecule has 0 saturated carbocycles. The molecule has 1 aromatic rings. The van der Waals surface area contributed by atoms with Gasteiger partial charge in [-0.1, -0.05) is 54.1 Å². The second-order valence-corrected chi connectivity index (χ2v) is 5.68. The van der Waals surface area contributed by atoms with E-state index in [0.29, 0.717) is 12.3 Å². The minimum atomic E-state index is -0.909. The van der Waals surface area contributed by atoms with Gasteiger partial charge in [-0.2, -0.15) is 0 Å². The van der Waals surface area contributed by atoms with Crippen LogP contribution in [-0.2, 0) is 4.79 Å². The number of hydrogen-bond donors (Lipinski definition) is 1. The van der Waals surface area contributed by atoms with Gasteiger partial charge in [0.2, 0.25) is 0 Å². The Labute approximate surface area is 128 Å². The van der Waals surface area contributed by atoms with Gasteiger partial charge in [0.1, 0.15) is 0 Å². The van der Waals surface area contributed by atoms with E-state index in [1.54, 1.807) is 0 Å². The second-order valence-electron chi connectivity index (χ2n) is 5.24. The zero-order valence-corrected chi connectivity index (χ0v) is 12.2. The molecule has 0 radical (unpaired) electrons. The van der Waals surface area contributed by atoms with Crippen LogP contribution in [0.2, 0.25) is 0 Å². The molecule has 0 spiro atoms. The van der Waals surface area contributed by atoms with Crippen molar-refractivity contribution in [2.24, 2.45) is 5.92 Å². The summed E-state index contributed by atoms with van der Waals surface area (Å²) in [5, 5.41) is 9.83. The molecule has 2 aliphatic carbocycles. The van der Waals surface area contributed by atoms with Crippen molar-refractivity contribution in [3.05, 3.63) is 76.4 Å². The van der Waals surface area contributed by atoms with Crippen molar-refractivity contribution in [3.8, 4) is 0 Å². The number of halogens is 1. The first-order chi connectivity index (χ1) is 10.1. The molecular weight excluding hydrogens is 284 g/mol. The molecule has 0 aliphatic heterocycles. The van der Waals surface area contributed by atoms with E-state index >= 15 is 0 Å². The number of carbonyl (C=O) groups is 1. The monoisotopic (exact) mass is 298 g/mol. The van der Waals surface area contributed by atoms with Gasteiger partial charge in [0.25, 0.3) is 0 Å². The molecule has 1 unspecified atom stereocenters. The zero-order valence-electron chi connectivity index (χ0n) is 11.4. The third-order valence-corrected chi connectivity index (χ3v) is 3.97. The number of hydrogen-bond acceptors (Lipinski definition) is 1. The summed E-state index contributed by atoms with van der Waals surface area (Å²) in [6.07, 6.45) is 9.00. The minimum absolute atomic E-state index is 0.404. The van der Waals surface area contributed by atoms with Crippen molar-refractivity contribution in [1.82, 2.24) is 0 Å². The van der Waals surface area contributed by atoms with Crippen LogP contribution in [0.4, 0.5) is 0 Å². The lowest BCUT2D eigenvalue weighted by molar-refractivity contribution is -0.131. The number of aliphatic carboxylic acids is 1. The van der Waals surface area contributed by atoms with Crippen molar-refractivity contribution in [2.45, 2.75) is 12.8 Å². The molecule has 1 N–H and O–H groups in total. The standard InChI is InChI=1S/C18H15ClO2/c19-16-8-14(17-10-15(17)9-16)7-6-13(11-18(20)21)12-4-2-1-3-5-12/h1-5,8-11,15H,6-7H2,(H,20,21)/b13-11-. The highest BCUT2D eigenvalue weighted by Gasteiger charge is 2.28. The Morgan fingerprint density at radius 3 is 2.71 bits per heavy atom. The molecule has 0 aromatic heterocycles. The summed E-state index contributed by atoms with van der Waals surface area (Å²) < 4.78 is 0. The minimum Gasteiger partial charge on any atom is -0.478 e. The van der Waals surface area contributed by atoms with Gasteiger partial charge in [-0.15, -0.1) is 0 Å². The average Bonchev–Trinajstić information content (AvgIpc) is 3.22. The van der Waals surface area contributed by atoms with E-state index in [0.717, 1.165) is 22.6 Å². The third kappa shape index (κ3) is 3.34. The zero-order chi connectivity index (χ0) is 14.8. The van der Waals surface area contributed by atoms with Gasteiger partial charge in [-0.3, -0.25) is 0 Å². The molecular formula is C18H15ClO2. The van der Waals surface area contributed by atoms with Crippen LogP contribution < -0.4 is 0 Å². The maximum atomic E-state index is 11.0. The highest BCUT2D eigenvalue weighted by molar-refractivity contribution is 6.31. The Morgan fingerprint density at radius 1 is 1.24 bits per heavy atom. The molecule has 106 valence electrons. The molecule has 0 fully saturated rings. The molecule has 2 aliphatic rings. The van der Waals surface area contributed by atoms with Crippen LogP contribution in [0.1, 0.15) is 18.4 Å². The lowest BCUT2D eigenvalue weighted by atomic mass is 9.94. The van der Waals surface area contributed by atoms with Crippen LogP contribution in [0, 0.1) is 5.92 Å². The Kier molecular flexibility index (Phi) is 3.80. The first kappa shape index (κ1) is 13.9. The van der Waals surface area contributed by atoms with Crippen molar-refractivity contribution in [2.75, 3.05) is 0 Å². The number of rotatable bonds is 5. The summed E-state index contributed by atoms with van der Waals surface area (Å²) in [6, 6.07) is 9.65. The smallest absolute Gasteiger partial charge is 0.328 e. The fourth-order valence-corrected chi connectivity index (χ4v) is 2.93. The van der Waals surface area contributed by atoms with Crippen molar-refractivity contribution < 1.29 is 9.90 Å². The van der Waals surface area contributed by atoms with Crippen LogP contribution in [0.5, 0.6) is 0 Å². The van der Waals surface area contributed by atoms with Crippen LogP contribution in [-0.4, -0.2) is 11.1 Å². The van der Waals surface area contributed by atoms with Gasteiger partial charge in [0.15, 0.2) is 0 Å². The van der Waals surface area contributed by atoms with E-state index in [2.05, 4.69) is 6.08 Å². The van der Waals surface area contributed by atoms with Gasteiger partial charge in [0, 0.05) is 17.0 Å². The molecule has 0 heterocycles. The first-order valence-corrected chi connectivity index (χ1v) is 7.30. The molecule has 3 heteroatoms. The summed E-state index contributed by atoms with van der Waals surface area (Å²) in [4.78, 5) is 11.0. The van der Waals surface area contributed by atoms with Gasteiger partial charge in [-0.25, -0.2) is 4.79 Å². The van der Waals surface area contributed by atoms with Crippen molar-refractivity contribution >= 4 is 23.1 Å². The van der Waals surface area contributed by atoms with Crippen molar-refractivity contribution in [3.63, 3.8) is 0 Å². The molecule has 1 aromatic carbocycles. The topological polar surface area (TPSA) is 37.3 Å². The van der Waals surface area contributed by atoms with Gasteiger partial charge in [0.05, 0.1) is 0 Å². The highest BCUT2D eigenvalue weighted by Crippen LogP contribution is 2.44. The Hall–Kier alpha value is -2.06. The Bertz CT molecular complexity index is 693. The molecule has 0 amide bonds.